The van der Waals surface area contributed by atoms with Gasteiger partial charge in [0.2, 0.25) is 21.8 Å². The third kappa shape index (κ3) is 3.70. The van der Waals surface area contributed by atoms with Gasteiger partial charge in [-0.3, -0.25) is 9.59 Å². The van der Waals surface area contributed by atoms with E-state index in [2.05, 4.69) is 10.6 Å². The molecule has 2 N–H and O–H groups in total. The topological polar surface area (TPSA) is 95.6 Å². The number of nitrogens with zero attached hydrogens (tertiary/aromatic N) is 1. The summed E-state index contributed by atoms with van der Waals surface area (Å²) < 4.78 is 26.7. The number of hydrogen-bond acceptors (Lipinski definition) is 4. The highest BCUT2D eigenvalue weighted by molar-refractivity contribution is 7.89. The maximum Gasteiger partial charge on any atom is 0.243 e. The van der Waals surface area contributed by atoms with Gasteiger partial charge in [0, 0.05) is 25.7 Å². The molecule has 0 unspecified atom stereocenters. The van der Waals surface area contributed by atoms with Crippen molar-refractivity contribution in [3.05, 3.63) is 24.3 Å². The van der Waals surface area contributed by atoms with Crippen molar-refractivity contribution in [1.29, 1.82) is 0 Å². The van der Waals surface area contributed by atoms with Crippen LogP contribution in [0.3, 0.4) is 0 Å². The van der Waals surface area contributed by atoms with Crippen LogP contribution in [0.5, 0.6) is 0 Å². The Morgan fingerprint density at radius 2 is 1.91 bits per heavy atom. The third-order valence-electron chi connectivity index (χ3n) is 3.82. The molecule has 7 nitrogen and oxygen atoms in total. The molecule has 2 rings (SSSR count). The van der Waals surface area contributed by atoms with Gasteiger partial charge in [0.25, 0.3) is 0 Å². The van der Waals surface area contributed by atoms with Gasteiger partial charge in [-0.15, -0.1) is 0 Å². The molecule has 1 aliphatic rings. The van der Waals surface area contributed by atoms with E-state index in [1.807, 2.05) is 0 Å². The maximum absolute atomic E-state index is 12.7. The van der Waals surface area contributed by atoms with Crippen molar-refractivity contribution in [2.24, 2.45) is 0 Å². The molecular weight excluding hydrogens is 318 g/mol. The van der Waals surface area contributed by atoms with E-state index >= 15 is 0 Å². The molecule has 1 aliphatic heterocycles. The predicted octanol–water partition coefficient (Wildman–Crippen LogP) is 0.934. The first kappa shape index (κ1) is 17.4. The number of benzene rings is 1. The number of amides is 2. The van der Waals surface area contributed by atoms with Crippen LogP contribution < -0.4 is 10.6 Å². The normalized spacial score (nSPS) is 18.6. The molecule has 1 aromatic rings. The number of likely N-dealkylation sites (N-methyl/N-ethyl adjacent to an activating group) is 1. The number of carbonyl (C=O) groups excluding carboxylic acids is 2. The van der Waals surface area contributed by atoms with Crippen LogP contribution in [0.15, 0.2) is 29.2 Å². The van der Waals surface area contributed by atoms with E-state index in [0.717, 1.165) is 0 Å². The van der Waals surface area contributed by atoms with Crippen LogP contribution in [0.1, 0.15) is 26.2 Å². The fourth-order valence-corrected chi connectivity index (χ4v) is 4.21. The summed E-state index contributed by atoms with van der Waals surface area (Å²) in [5.41, 5.74) is 0.542. The fourth-order valence-electron chi connectivity index (χ4n) is 2.55. The second kappa shape index (κ2) is 7.10. The van der Waals surface area contributed by atoms with Crippen molar-refractivity contribution in [1.82, 2.24) is 9.62 Å². The molecule has 1 saturated heterocycles. The highest BCUT2D eigenvalue weighted by atomic mass is 32.2. The molecule has 0 radical (unpaired) electrons. The summed E-state index contributed by atoms with van der Waals surface area (Å²) in [5, 5.41) is 5.17. The number of sulfonamides is 1. The molecular formula is C15H21N3O4S. The number of rotatable bonds is 5. The number of nitrogens with one attached hydrogen (secondary N) is 2. The zero-order chi connectivity index (χ0) is 17.0. The van der Waals surface area contributed by atoms with Gasteiger partial charge in [-0.25, -0.2) is 8.42 Å². The average molecular weight is 339 g/mol. The van der Waals surface area contributed by atoms with Crippen LogP contribution in [0.25, 0.3) is 0 Å². The Labute approximate surface area is 136 Å². The summed E-state index contributed by atoms with van der Waals surface area (Å²) in [4.78, 5) is 23.3. The van der Waals surface area contributed by atoms with E-state index < -0.39 is 16.1 Å². The van der Waals surface area contributed by atoms with Crippen LogP contribution in [0.4, 0.5) is 5.69 Å². The van der Waals surface area contributed by atoms with E-state index in [4.69, 9.17) is 0 Å². The Morgan fingerprint density at radius 3 is 2.48 bits per heavy atom. The highest BCUT2D eigenvalue weighted by Gasteiger charge is 2.38. The van der Waals surface area contributed by atoms with Gasteiger partial charge in [-0.05, 0) is 37.1 Å². The van der Waals surface area contributed by atoms with Gasteiger partial charge >= 0.3 is 0 Å². The van der Waals surface area contributed by atoms with Gasteiger partial charge in [0.15, 0.2) is 0 Å². The summed E-state index contributed by atoms with van der Waals surface area (Å²) in [6, 6.07) is 5.32. The lowest BCUT2D eigenvalue weighted by molar-refractivity contribution is -0.123. The zero-order valence-corrected chi connectivity index (χ0v) is 14.0. The molecule has 126 valence electrons. The third-order valence-corrected chi connectivity index (χ3v) is 5.74. The monoisotopic (exact) mass is 339 g/mol. The lowest BCUT2D eigenvalue weighted by atomic mass is 10.2. The molecule has 0 aliphatic carbocycles. The van der Waals surface area contributed by atoms with Gasteiger partial charge in [0.05, 0.1) is 4.90 Å². The standard InChI is InChI=1S/C15H21N3O4S/c1-3-14(19)17-11-6-8-12(9-7-11)23(21,22)18-10-4-5-13(18)15(20)16-2/h6-9,13H,3-5,10H2,1-2H3,(H,16,20)(H,17,19)/t13-/m0/s1. The Kier molecular flexibility index (Phi) is 5.38. The molecule has 1 heterocycles. The first-order valence-corrected chi connectivity index (χ1v) is 8.97. The van der Waals surface area contributed by atoms with Gasteiger partial charge in [-0.2, -0.15) is 4.31 Å². The smallest absolute Gasteiger partial charge is 0.243 e. The molecule has 0 aromatic heterocycles. The van der Waals surface area contributed by atoms with Crippen LogP contribution in [-0.2, 0) is 19.6 Å². The van der Waals surface area contributed by atoms with Crippen molar-refractivity contribution < 1.29 is 18.0 Å². The summed E-state index contributed by atoms with van der Waals surface area (Å²) in [6.45, 7) is 2.06. The van der Waals surface area contributed by atoms with Gasteiger partial charge in [-0.1, -0.05) is 6.92 Å². The summed E-state index contributed by atoms with van der Waals surface area (Å²) in [5.74, 6) is -0.433. The molecule has 0 bridgehead atoms. The first-order chi connectivity index (χ1) is 10.9. The Morgan fingerprint density at radius 1 is 1.26 bits per heavy atom. The summed E-state index contributed by atoms with van der Waals surface area (Å²) in [7, 11) is -2.24. The number of hydrogen-bond donors (Lipinski definition) is 2. The summed E-state index contributed by atoms with van der Waals surface area (Å²) in [6.07, 6.45) is 1.52. The minimum Gasteiger partial charge on any atom is -0.358 e. The molecule has 0 saturated carbocycles. The van der Waals surface area contributed by atoms with Crippen LogP contribution in [0.2, 0.25) is 0 Å². The first-order valence-electron chi connectivity index (χ1n) is 7.53. The minimum atomic E-state index is -3.73. The van der Waals surface area contributed by atoms with Crippen LogP contribution in [-0.4, -0.2) is 44.2 Å². The van der Waals surface area contributed by atoms with Crippen molar-refractivity contribution in [2.75, 3.05) is 18.9 Å². The summed E-state index contributed by atoms with van der Waals surface area (Å²) >= 11 is 0. The molecule has 8 heteroatoms. The molecule has 0 spiro atoms. The lowest BCUT2D eigenvalue weighted by Crippen LogP contribution is -2.44. The van der Waals surface area contributed by atoms with Crippen LogP contribution >= 0.6 is 0 Å². The van der Waals surface area contributed by atoms with E-state index in [-0.39, 0.29) is 16.7 Å². The van der Waals surface area contributed by atoms with E-state index in [0.29, 0.717) is 31.5 Å². The Bertz CT molecular complexity index is 685. The van der Waals surface area contributed by atoms with Crippen molar-refractivity contribution in [3.8, 4) is 0 Å². The fraction of sp³-hybridized carbons (Fsp3) is 0.467. The average Bonchev–Trinajstić information content (AvgIpc) is 3.05. The van der Waals surface area contributed by atoms with E-state index in [1.165, 1.54) is 23.5 Å². The molecule has 1 atom stereocenters. The predicted molar refractivity (Wildman–Crippen MR) is 86.3 cm³/mol. The van der Waals surface area contributed by atoms with E-state index in [1.54, 1.807) is 19.1 Å². The number of carbonyl (C=O) groups is 2. The van der Waals surface area contributed by atoms with E-state index in [9.17, 15) is 18.0 Å². The molecule has 23 heavy (non-hydrogen) atoms. The second-order valence-corrected chi connectivity index (χ2v) is 7.20. The largest absolute Gasteiger partial charge is 0.358 e. The number of anilines is 1. The molecule has 1 fully saturated rings. The SMILES string of the molecule is CCC(=O)Nc1ccc(S(=O)(=O)N2CCC[C@H]2C(=O)NC)cc1. The molecule has 1 aromatic carbocycles. The second-order valence-electron chi connectivity index (χ2n) is 5.31. The van der Waals surface area contributed by atoms with Gasteiger partial charge in [0.1, 0.15) is 6.04 Å². The molecule has 2 amide bonds. The lowest BCUT2D eigenvalue weighted by Gasteiger charge is -2.22. The Hall–Kier alpha value is -1.93. The maximum atomic E-state index is 12.7. The van der Waals surface area contributed by atoms with Gasteiger partial charge < -0.3 is 10.6 Å². The van der Waals surface area contributed by atoms with Crippen LogP contribution in [0, 0.1) is 0 Å². The van der Waals surface area contributed by atoms with Crippen molar-refractivity contribution >= 4 is 27.5 Å². The van der Waals surface area contributed by atoms with Crippen molar-refractivity contribution in [3.63, 3.8) is 0 Å². The zero-order valence-electron chi connectivity index (χ0n) is 13.2. The highest BCUT2D eigenvalue weighted by Crippen LogP contribution is 2.27. The van der Waals surface area contributed by atoms with Crippen molar-refractivity contribution in [2.45, 2.75) is 37.1 Å². The Balaban J connectivity index is 2.22. The minimum absolute atomic E-state index is 0.114. The quantitative estimate of drug-likeness (QED) is 0.834.